The van der Waals surface area contributed by atoms with E-state index in [2.05, 4.69) is 37.2 Å². The number of rotatable bonds is 4. The maximum atomic E-state index is 12.2. The second-order valence-electron chi connectivity index (χ2n) is 6.19. The van der Waals surface area contributed by atoms with Gasteiger partial charge in [-0.25, -0.2) is 15.0 Å². The van der Waals surface area contributed by atoms with Crippen LogP contribution in [-0.4, -0.2) is 44.3 Å². The number of hydrogen-bond acceptors (Lipinski definition) is 6. The predicted molar refractivity (Wildman–Crippen MR) is 89.3 cm³/mol. The Morgan fingerprint density at radius 1 is 1.25 bits per heavy atom. The Kier molecular flexibility index (Phi) is 4.80. The van der Waals surface area contributed by atoms with Gasteiger partial charge in [0, 0.05) is 24.5 Å². The largest absolute Gasteiger partial charge is 0.346 e. The minimum absolute atomic E-state index is 0.242. The molecule has 1 N–H and O–H groups in total. The third-order valence-corrected chi connectivity index (χ3v) is 4.31. The van der Waals surface area contributed by atoms with Crippen molar-refractivity contribution >= 4 is 5.91 Å². The molecule has 0 radical (unpaired) electrons. The molecule has 1 amide bonds. The minimum atomic E-state index is -0.242. The van der Waals surface area contributed by atoms with Gasteiger partial charge >= 0.3 is 0 Å². The van der Waals surface area contributed by atoms with Gasteiger partial charge in [-0.05, 0) is 40.3 Å². The van der Waals surface area contributed by atoms with Gasteiger partial charge in [0.2, 0.25) is 0 Å². The van der Waals surface area contributed by atoms with Crippen LogP contribution < -0.4 is 5.32 Å². The van der Waals surface area contributed by atoms with Crippen molar-refractivity contribution in [2.45, 2.75) is 39.3 Å². The molecule has 24 heavy (non-hydrogen) atoms. The van der Waals surface area contributed by atoms with Gasteiger partial charge in [-0.2, -0.15) is 0 Å². The summed E-state index contributed by atoms with van der Waals surface area (Å²) < 4.78 is 0. The maximum absolute atomic E-state index is 12.2. The lowest BCUT2D eigenvalue weighted by molar-refractivity contribution is 0.0945. The zero-order valence-corrected chi connectivity index (χ0v) is 14.3. The van der Waals surface area contributed by atoms with Gasteiger partial charge in [0.15, 0.2) is 0 Å². The fourth-order valence-corrected chi connectivity index (χ4v) is 2.97. The fourth-order valence-electron chi connectivity index (χ4n) is 2.97. The zero-order valence-electron chi connectivity index (χ0n) is 14.3. The Labute approximate surface area is 141 Å². The van der Waals surface area contributed by atoms with E-state index in [0.717, 1.165) is 42.2 Å². The van der Waals surface area contributed by atoms with Crippen molar-refractivity contribution in [1.82, 2.24) is 30.2 Å². The van der Waals surface area contributed by atoms with E-state index in [1.54, 1.807) is 6.20 Å². The number of aryl methyl sites for hydroxylation is 2. The molecule has 0 aromatic carbocycles. The van der Waals surface area contributed by atoms with Crippen molar-refractivity contribution in [3.63, 3.8) is 0 Å². The molecule has 0 unspecified atom stereocenters. The van der Waals surface area contributed by atoms with Crippen molar-refractivity contribution in [2.75, 3.05) is 13.6 Å². The summed E-state index contributed by atoms with van der Waals surface area (Å²) in [5.41, 5.74) is 3.06. The summed E-state index contributed by atoms with van der Waals surface area (Å²) in [6.45, 7) is 5.18. The van der Waals surface area contributed by atoms with E-state index in [1.165, 1.54) is 6.20 Å². The number of nitrogens with zero attached hydrogens (tertiary/aromatic N) is 5. The van der Waals surface area contributed by atoms with Crippen LogP contribution in [0.25, 0.3) is 0 Å². The fraction of sp³-hybridized carbons (Fsp3) is 0.471. The first-order valence-corrected chi connectivity index (χ1v) is 8.14. The standard InChI is InChI=1S/C17H22N6O/c1-11-7-20-14(10-18-11)17(24)21-9-13-8-19-12(2)22-16(13)15-5-4-6-23(15)3/h7-8,10,15H,4-6,9H2,1-3H3,(H,21,24)/t15-/m1/s1. The van der Waals surface area contributed by atoms with Crippen molar-refractivity contribution < 1.29 is 4.79 Å². The number of likely N-dealkylation sites (tertiary alicyclic amines) is 1. The normalized spacial score (nSPS) is 17.9. The number of carbonyl (C=O) groups excluding carboxylic acids is 1. The van der Waals surface area contributed by atoms with Gasteiger partial charge in [0.1, 0.15) is 11.5 Å². The zero-order chi connectivity index (χ0) is 17.1. The van der Waals surface area contributed by atoms with E-state index in [-0.39, 0.29) is 11.9 Å². The van der Waals surface area contributed by atoms with Crippen molar-refractivity contribution in [3.05, 3.63) is 47.1 Å². The first-order chi connectivity index (χ1) is 11.5. The molecule has 2 aromatic rings. The number of amides is 1. The van der Waals surface area contributed by atoms with Gasteiger partial charge in [0.25, 0.3) is 5.91 Å². The van der Waals surface area contributed by atoms with Crippen LogP contribution in [0.15, 0.2) is 18.6 Å². The third kappa shape index (κ3) is 3.56. The quantitative estimate of drug-likeness (QED) is 0.918. The van der Waals surface area contributed by atoms with Crippen molar-refractivity contribution in [1.29, 1.82) is 0 Å². The lowest BCUT2D eigenvalue weighted by Crippen LogP contribution is -2.27. The highest BCUT2D eigenvalue weighted by Crippen LogP contribution is 2.30. The lowest BCUT2D eigenvalue weighted by Gasteiger charge is -2.21. The second-order valence-corrected chi connectivity index (χ2v) is 6.19. The smallest absolute Gasteiger partial charge is 0.271 e. The summed E-state index contributed by atoms with van der Waals surface area (Å²) in [7, 11) is 2.11. The van der Waals surface area contributed by atoms with E-state index >= 15 is 0 Å². The van der Waals surface area contributed by atoms with Crippen LogP contribution in [0.5, 0.6) is 0 Å². The van der Waals surface area contributed by atoms with Crippen LogP contribution in [0.1, 0.15) is 52.1 Å². The first-order valence-electron chi connectivity index (χ1n) is 8.14. The summed E-state index contributed by atoms with van der Waals surface area (Å²) in [6, 6.07) is 0.290. The monoisotopic (exact) mass is 326 g/mol. The van der Waals surface area contributed by atoms with E-state index in [0.29, 0.717) is 12.2 Å². The Balaban J connectivity index is 1.75. The number of carbonyl (C=O) groups is 1. The molecule has 0 bridgehead atoms. The molecule has 7 heteroatoms. The molecule has 1 saturated heterocycles. The molecular formula is C17H22N6O. The van der Waals surface area contributed by atoms with Crippen LogP contribution in [0.3, 0.4) is 0 Å². The van der Waals surface area contributed by atoms with E-state index in [1.807, 2.05) is 20.0 Å². The summed E-state index contributed by atoms with van der Waals surface area (Å²) in [4.78, 5) is 31.7. The molecule has 3 rings (SSSR count). The average molecular weight is 326 g/mol. The van der Waals surface area contributed by atoms with Gasteiger partial charge < -0.3 is 5.32 Å². The molecule has 1 aliphatic rings. The second kappa shape index (κ2) is 7.00. The molecule has 0 spiro atoms. The molecule has 3 heterocycles. The van der Waals surface area contributed by atoms with Crippen LogP contribution in [0.2, 0.25) is 0 Å². The summed E-state index contributed by atoms with van der Waals surface area (Å²) in [5, 5.41) is 2.89. The van der Waals surface area contributed by atoms with Crippen LogP contribution in [-0.2, 0) is 6.54 Å². The summed E-state index contributed by atoms with van der Waals surface area (Å²) in [5.74, 6) is 0.513. The van der Waals surface area contributed by atoms with Gasteiger partial charge in [0.05, 0.1) is 23.6 Å². The van der Waals surface area contributed by atoms with Crippen LogP contribution >= 0.6 is 0 Å². The summed E-state index contributed by atoms with van der Waals surface area (Å²) >= 11 is 0. The molecule has 7 nitrogen and oxygen atoms in total. The molecule has 1 fully saturated rings. The first kappa shape index (κ1) is 16.4. The molecule has 0 aliphatic carbocycles. The minimum Gasteiger partial charge on any atom is -0.346 e. The molecule has 1 atom stereocenters. The Bertz CT molecular complexity index is 730. The molecule has 2 aromatic heterocycles. The Morgan fingerprint density at radius 3 is 2.75 bits per heavy atom. The van der Waals surface area contributed by atoms with Gasteiger partial charge in [-0.3, -0.25) is 14.7 Å². The topological polar surface area (TPSA) is 83.9 Å². The molecule has 0 saturated carbocycles. The number of aromatic nitrogens is 4. The van der Waals surface area contributed by atoms with Crippen LogP contribution in [0, 0.1) is 13.8 Å². The van der Waals surface area contributed by atoms with Gasteiger partial charge in [-0.15, -0.1) is 0 Å². The van der Waals surface area contributed by atoms with E-state index in [9.17, 15) is 4.79 Å². The number of nitrogens with one attached hydrogen (secondary N) is 1. The van der Waals surface area contributed by atoms with E-state index < -0.39 is 0 Å². The third-order valence-electron chi connectivity index (χ3n) is 4.31. The highest BCUT2D eigenvalue weighted by molar-refractivity contribution is 5.91. The highest BCUT2D eigenvalue weighted by atomic mass is 16.1. The molecule has 1 aliphatic heterocycles. The lowest BCUT2D eigenvalue weighted by atomic mass is 10.1. The SMILES string of the molecule is Cc1cnc(C(=O)NCc2cnc(C)nc2[C@H]2CCCN2C)cn1. The molecule has 126 valence electrons. The highest BCUT2D eigenvalue weighted by Gasteiger charge is 2.26. The van der Waals surface area contributed by atoms with Gasteiger partial charge in [-0.1, -0.05) is 0 Å². The Morgan fingerprint density at radius 2 is 2.08 bits per heavy atom. The van der Waals surface area contributed by atoms with Crippen LogP contribution in [0.4, 0.5) is 0 Å². The average Bonchev–Trinajstić information content (AvgIpc) is 3.00. The predicted octanol–water partition coefficient (Wildman–Crippen LogP) is 1.58. The Hall–Kier alpha value is -2.41. The van der Waals surface area contributed by atoms with E-state index in [4.69, 9.17) is 0 Å². The molecular weight excluding hydrogens is 304 g/mol. The maximum Gasteiger partial charge on any atom is 0.271 e. The van der Waals surface area contributed by atoms with Crippen molar-refractivity contribution in [2.24, 2.45) is 0 Å². The summed E-state index contributed by atoms with van der Waals surface area (Å²) in [6.07, 6.45) is 7.13. The number of hydrogen-bond donors (Lipinski definition) is 1. The van der Waals surface area contributed by atoms with Crippen molar-refractivity contribution in [3.8, 4) is 0 Å².